The Morgan fingerprint density at radius 2 is 1.90 bits per heavy atom. The molecule has 0 fully saturated rings. The first kappa shape index (κ1) is 14.5. The van der Waals surface area contributed by atoms with E-state index in [0.29, 0.717) is 5.75 Å². The van der Waals surface area contributed by atoms with Gasteiger partial charge in [-0.05, 0) is 30.3 Å². The van der Waals surface area contributed by atoms with Gasteiger partial charge in [-0.25, -0.2) is 9.18 Å². The van der Waals surface area contributed by atoms with Gasteiger partial charge in [0.1, 0.15) is 17.1 Å². The van der Waals surface area contributed by atoms with E-state index in [1.54, 1.807) is 12.1 Å². The van der Waals surface area contributed by atoms with Crippen LogP contribution in [0.25, 0.3) is 0 Å². The monoisotopic (exact) mass is 289 g/mol. The number of rotatable bonds is 4. The van der Waals surface area contributed by atoms with E-state index in [-0.39, 0.29) is 11.3 Å². The predicted octanol–water partition coefficient (Wildman–Crippen LogP) is 2.78. The summed E-state index contributed by atoms with van der Waals surface area (Å²) in [6, 6.07) is 9.99. The Morgan fingerprint density at radius 3 is 2.57 bits per heavy atom. The van der Waals surface area contributed by atoms with Crippen LogP contribution in [0.1, 0.15) is 20.7 Å². The lowest BCUT2D eigenvalue weighted by Crippen LogP contribution is -2.15. The standard InChI is InChI=1S/C15H12FNO4/c1-21-10-5-2-4-9(8-10)14(18)17-12-7-3-6-11(16)13(12)15(19)20/h2-8H,1H3,(H,17,18)(H,19,20). The normalized spacial score (nSPS) is 10.0. The Hall–Kier alpha value is -2.89. The Labute approximate surface area is 120 Å². The number of carbonyl (C=O) groups is 2. The molecular weight excluding hydrogens is 277 g/mol. The number of hydrogen-bond acceptors (Lipinski definition) is 3. The molecule has 2 N–H and O–H groups in total. The molecule has 2 rings (SSSR count). The number of methoxy groups -OCH3 is 1. The molecule has 0 heterocycles. The van der Waals surface area contributed by atoms with Crippen molar-refractivity contribution in [2.45, 2.75) is 0 Å². The first-order chi connectivity index (χ1) is 10.0. The summed E-state index contributed by atoms with van der Waals surface area (Å²) in [5, 5.41) is 11.4. The van der Waals surface area contributed by atoms with Gasteiger partial charge in [0.2, 0.25) is 0 Å². The van der Waals surface area contributed by atoms with E-state index in [2.05, 4.69) is 5.32 Å². The maximum Gasteiger partial charge on any atom is 0.340 e. The predicted molar refractivity (Wildman–Crippen MR) is 74.3 cm³/mol. The summed E-state index contributed by atoms with van der Waals surface area (Å²) in [7, 11) is 1.46. The van der Waals surface area contributed by atoms with Gasteiger partial charge in [-0.15, -0.1) is 0 Å². The number of ether oxygens (including phenoxy) is 1. The number of amides is 1. The second-order valence-corrected chi connectivity index (χ2v) is 4.15. The van der Waals surface area contributed by atoms with Gasteiger partial charge in [-0.3, -0.25) is 4.79 Å². The maximum absolute atomic E-state index is 13.5. The Bertz CT molecular complexity index is 700. The van der Waals surface area contributed by atoms with Crippen LogP contribution in [-0.4, -0.2) is 24.1 Å². The molecular formula is C15H12FNO4. The lowest BCUT2D eigenvalue weighted by molar-refractivity contribution is 0.0693. The van der Waals surface area contributed by atoms with Gasteiger partial charge >= 0.3 is 5.97 Å². The zero-order chi connectivity index (χ0) is 15.4. The van der Waals surface area contributed by atoms with Crippen molar-refractivity contribution in [1.82, 2.24) is 0 Å². The van der Waals surface area contributed by atoms with Crippen molar-refractivity contribution in [1.29, 1.82) is 0 Å². The van der Waals surface area contributed by atoms with Crippen molar-refractivity contribution in [2.24, 2.45) is 0 Å². The van der Waals surface area contributed by atoms with Gasteiger partial charge in [0, 0.05) is 5.56 Å². The van der Waals surface area contributed by atoms with Gasteiger partial charge in [0.15, 0.2) is 0 Å². The minimum atomic E-state index is -1.45. The van der Waals surface area contributed by atoms with Gasteiger partial charge in [0.25, 0.3) is 5.91 Å². The number of hydrogen-bond donors (Lipinski definition) is 2. The summed E-state index contributed by atoms with van der Waals surface area (Å²) >= 11 is 0. The highest BCUT2D eigenvalue weighted by Crippen LogP contribution is 2.20. The van der Waals surface area contributed by atoms with Crippen LogP contribution in [0.5, 0.6) is 5.75 Å². The van der Waals surface area contributed by atoms with E-state index in [1.165, 1.54) is 31.4 Å². The summed E-state index contributed by atoms with van der Waals surface area (Å²) < 4.78 is 18.5. The largest absolute Gasteiger partial charge is 0.497 e. The fourth-order valence-corrected chi connectivity index (χ4v) is 1.80. The summed E-state index contributed by atoms with van der Waals surface area (Å²) in [6.07, 6.45) is 0. The Morgan fingerprint density at radius 1 is 1.19 bits per heavy atom. The highest BCUT2D eigenvalue weighted by Gasteiger charge is 2.18. The summed E-state index contributed by atoms with van der Waals surface area (Å²) in [5.74, 6) is -2.43. The molecule has 21 heavy (non-hydrogen) atoms. The average molecular weight is 289 g/mol. The second-order valence-electron chi connectivity index (χ2n) is 4.15. The molecule has 0 unspecified atom stereocenters. The second kappa shape index (κ2) is 6.04. The van der Waals surface area contributed by atoms with Gasteiger partial charge in [-0.2, -0.15) is 0 Å². The van der Waals surface area contributed by atoms with Crippen LogP contribution in [0.3, 0.4) is 0 Å². The Balaban J connectivity index is 2.31. The average Bonchev–Trinajstić information content (AvgIpc) is 2.47. The first-order valence-electron chi connectivity index (χ1n) is 6.00. The molecule has 0 saturated carbocycles. The molecule has 2 aromatic carbocycles. The number of carboxylic acid groups (broad SMARTS) is 1. The van der Waals surface area contributed by atoms with Crippen molar-refractivity contribution in [3.8, 4) is 5.75 Å². The molecule has 0 aromatic heterocycles. The third kappa shape index (κ3) is 3.17. The molecule has 0 aliphatic rings. The number of nitrogens with one attached hydrogen (secondary N) is 1. The number of anilines is 1. The molecule has 0 saturated heterocycles. The minimum Gasteiger partial charge on any atom is -0.497 e. The number of carbonyl (C=O) groups excluding carboxylic acids is 1. The number of carboxylic acids is 1. The molecule has 0 bridgehead atoms. The van der Waals surface area contributed by atoms with E-state index in [0.717, 1.165) is 6.07 Å². The minimum absolute atomic E-state index is 0.102. The van der Waals surface area contributed by atoms with Crippen molar-refractivity contribution in [3.63, 3.8) is 0 Å². The van der Waals surface area contributed by atoms with Crippen LogP contribution in [0.2, 0.25) is 0 Å². The highest BCUT2D eigenvalue weighted by atomic mass is 19.1. The van der Waals surface area contributed by atoms with Crippen LogP contribution >= 0.6 is 0 Å². The van der Waals surface area contributed by atoms with Gasteiger partial charge < -0.3 is 15.2 Å². The van der Waals surface area contributed by atoms with Crippen molar-refractivity contribution >= 4 is 17.6 Å². The molecule has 2 aromatic rings. The van der Waals surface area contributed by atoms with Crippen LogP contribution in [0.15, 0.2) is 42.5 Å². The number of halogens is 1. The topological polar surface area (TPSA) is 75.6 Å². The quantitative estimate of drug-likeness (QED) is 0.907. The van der Waals surface area contributed by atoms with Crippen molar-refractivity contribution in [2.75, 3.05) is 12.4 Å². The molecule has 0 aliphatic heterocycles. The van der Waals surface area contributed by atoms with Crippen LogP contribution in [0.4, 0.5) is 10.1 Å². The molecule has 0 spiro atoms. The van der Waals surface area contributed by atoms with E-state index in [1.807, 2.05) is 0 Å². The van der Waals surface area contributed by atoms with Crippen molar-refractivity contribution < 1.29 is 23.8 Å². The molecule has 5 nitrogen and oxygen atoms in total. The van der Waals surface area contributed by atoms with E-state index >= 15 is 0 Å². The lowest BCUT2D eigenvalue weighted by atomic mass is 10.1. The Kier molecular flexibility index (Phi) is 4.18. The zero-order valence-electron chi connectivity index (χ0n) is 11.1. The molecule has 0 radical (unpaired) electrons. The fraction of sp³-hybridized carbons (Fsp3) is 0.0667. The summed E-state index contributed by atoms with van der Waals surface area (Å²) in [4.78, 5) is 23.1. The van der Waals surface area contributed by atoms with Crippen molar-refractivity contribution in [3.05, 3.63) is 59.4 Å². The zero-order valence-corrected chi connectivity index (χ0v) is 11.1. The molecule has 0 aliphatic carbocycles. The van der Waals surface area contributed by atoms with Crippen LogP contribution < -0.4 is 10.1 Å². The van der Waals surface area contributed by atoms with Crippen LogP contribution in [0, 0.1) is 5.82 Å². The highest BCUT2D eigenvalue weighted by molar-refractivity contribution is 6.07. The third-order valence-corrected chi connectivity index (χ3v) is 2.81. The number of benzene rings is 2. The maximum atomic E-state index is 13.5. The molecule has 108 valence electrons. The van der Waals surface area contributed by atoms with E-state index in [9.17, 15) is 14.0 Å². The smallest absolute Gasteiger partial charge is 0.340 e. The molecule has 1 amide bonds. The summed E-state index contributed by atoms with van der Waals surface area (Å²) in [6.45, 7) is 0. The van der Waals surface area contributed by atoms with E-state index < -0.39 is 23.3 Å². The fourth-order valence-electron chi connectivity index (χ4n) is 1.80. The summed E-state index contributed by atoms with van der Waals surface area (Å²) in [5.41, 5.74) is -0.404. The van der Waals surface area contributed by atoms with Gasteiger partial charge in [-0.1, -0.05) is 12.1 Å². The van der Waals surface area contributed by atoms with Crippen LogP contribution in [-0.2, 0) is 0 Å². The van der Waals surface area contributed by atoms with E-state index in [4.69, 9.17) is 9.84 Å². The third-order valence-electron chi connectivity index (χ3n) is 2.81. The molecule has 6 heteroatoms. The number of aromatic carboxylic acids is 1. The SMILES string of the molecule is COc1cccc(C(=O)Nc2cccc(F)c2C(=O)O)c1. The molecule has 0 atom stereocenters. The lowest BCUT2D eigenvalue weighted by Gasteiger charge is -2.09. The first-order valence-corrected chi connectivity index (χ1v) is 6.00. The van der Waals surface area contributed by atoms with Gasteiger partial charge in [0.05, 0.1) is 12.8 Å².